The van der Waals surface area contributed by atoms with Gasteiger partial charge in [-0.2, -0.15) is 0 Å². The Hall–Kier alpha value is -0.410. The number of fused-ring (bicyclic) bond motifs is 5. The number of aliphatic hydroxyl groups excluding tert-OH is 2. The van der Waals surface area contributed by atoms with Crippen molar-refractivity contribution in [3.8, 4) is 0 Å². The maximum absolute atomic E-state index is 13.0. The van der Waals surface area contributed by atoms with Gasteiger partial charge in [0.25, 0.3) is 0 Å². The molecular weight excluding hydrogens is 276 g/mol. The first kappa shape index (κ1) is 15.1. The van der Waals surface area contributed by atoms with Gasteiger partial charge >= 0.3 is 0 Å². The van der Waals surface area contributed by atoms with E-state index in [1.165, 1.54) is 0 Å². The fourth-order valence-corrected chi connectivity index (χ4v) is 6.88. The summed E-state index contributed by atoms with van der Waals surface area (Å²) in [6.07, 6.45) is 7.07. The molecule has 3 heteroatoms. The monoisotopic (exact) mass is 306 g/mol. The molecule has 0 heterocycles. The fraction of sp³-hybridized carbons (Fsp3) is 0.947. The third kappa shape index (κ3) is 1.84. The van der Waals surface area contributed by atoms with E-state index in [1.807, 2.05) is 0 Å². The third-order valence-corrected chi connectivity index (χ3v) is 8.39. The molecule has 4 aliphatic carbocycles. The predicted molar refractivity (Wildman–Crippen MR) is 84.1 cm³/mol. The van der Waals surface area contributed by atoms with E-state index in [4.69, 9.17) is 0 Å². The number of carbonyl (C=O) groups excluding carboxylic acids is 1. The summed E-state index contributed by atoms with van der Waals surface area (Å²) in [7, 11) is 0. The Morgan fingerprint density at radius 1 is 0.955 bits per heavy atom. The van der Waals surface area contributed by atoms with Crippen molar-refractivity contribution < 1.29 is 15.0 Å². The summed E-state index contributed by atoms with van der Waals surface area (Å²) in [6, 6.07) is 0. The van der Waals surface area contributed by atoms with Crippen molar-refractivity contribution in [2.24, 2.45) is 34.5 Å². The van der Waals surface area contributed by atoms with Gasteiger partial charge in [-0.3, -0.25) is 4.79 Å². The highest BCUT2D eigenvalue weighted by atomic mass is 16.3. The topological polar surface area (TPSA) is 57.5 Å². The lowest BCUT2D eigenvalue weighted by Crippen LogP contribution is -2.57. The summed E-state index contributed by atoms with van der Waals surface area (Å²) < 4.78 is 0. The first-order chi connectivity index (χ1) is 10.4. The molecule has 3 nitrogen and oxygen atoms in total. The molecule has 0 bridgehead atoms. The lowest BCUT2D eigenvalue weighted by Gasteiger charge is -2.59. The minimum absolute atomic E-state index is 0.0335. The van der Waals surface area contributed by atoms with Crippen LogP contribution in [0.3, 0.4) is 0 Å². The quantitative estimate of drug-likeness (QED) is 0.723. The average molecular weight is 306 g/mol. The molecule has 4 aliphatic rings. The molecular formula is C19H30O3. The van der Waals surface area contributed by atoms with Gasteiger partial charge in [-0.1, -0.05) is 13.8 Å². The second-order valence-corrected chi connectivity index (χ2v) is 9.18. The standard InChI is InChI=1S/C19H30O3/c1-18-7-5-12(20)9-11(18)10-15(21)17-13-3-4-16(22)19(13,2)8-6-14(17)18/h11-14,16-17,20,22H,3-10H2,1-2H3/t11-,12+,13?,14?,16+,17?,18+,19+/m1/s1. The summed E-state index contributed by atoms with van der Waals surface area (Å²) >= 11 is 0. The number of hydrogen-bond acceptors (Lipinski definition) is 3. The highest BCUT2D eigenvalue weighted by Crippen LogP contribution is 2.65. The van der Waals surface area contributed by atoms with E-state index in [-0.39, 0.29) is 29.0 Å². The number of hydrogen-bond donors (Lipinski definition) is 2. The van der Waals surface area contributed by atoms with E-state index in [0.29, 0.717) is 30.0 Å². The Morgan fingerprint density at radius 2 is 1.64 bits per heavy atom. The highest BCUT2D eigenvalue weighted by molar-refractivity contribution is 5.83. The molecule has 0 aromatic carbocycles. The predicted octanol–water partition coefficient (Wildman–Crippen LogP) is 2.93. The van der Waals surface area contributed by atoms with Gasteiger partial charge in [-0.25, -0.2) is 0 Å². The average Bonchev–Trinajstić information content (AvgIpc) is 2.77. The minimum atomic E-state index is -0.218. The molecule has 8 atom stereocenters. The van der Waals surface area contributed by atoms with E-state index in [2.05, 4.69) is 13.8 Å². The Bertz CT molecular complexity index is 489. The normalized spacial score (nSPS) is 57.9. The second kappa shape index (κ2) is 4.80. The Labute approximate surface area is 133 Å². The molecule has 0 aromatic rings. The van der Waals surface area contributed by atoms with Crippen molar-refractivity contribution in [2.75, 3.05) is 0 Å². The highest BCUT2D eigenvalue weighted by Gasteiger charge is 2.62. The zero-order chi connectivity index (χ0) is 15.7. The largest absolute Gasteiger partial charge is 0.393 e. The van der Waals surface area contributed by atoms with E-state index in [0.717, 1.165) is 44.9 Å². The number of aliphatic hydroxyl groups is 2. The summed E-state index contributed by atoms with van der Waals surface area (Å²) in [5.41, 5.74) is 0.195. The zero-order valence-electron chi connectivity index (χ0n) is 13.9. The van der Waals surface area contributed by atoms with Crippen LogP contribution < -0.4 is 0 Å². The number of carbonyl (C=O) groups is 1. The van der Waals surface area contributed by atoms with Gasteiger partial charge in [0, 0.05) is 12.3 Å². The third-order valence-electron chi connectivity index (χ3n) is 8.39. The van der Waals surface area contributed by atoms with Gasteiger partial charge < -0.3 is 10.2 Å². The first-order valence-corrected chi connectivity index (χ1v) is 9.25. The maximum atomic E-state index is 13.0. The molecule has 22 heavy (non-hydrogen) atoms. The van der Waals surface area contributed by atoms with Crippen molar-refractivity contribution in [3.05, 3.63) is 0 Å². The molecule has 0 saturated heterocycles. The summed E-state index contributed by atoms with van der Waals surface area (Å²) in [4.78, 5) is 13.0. The minimum Gasteiger partial charge on any atom is -0.393 e. The second-order valence-electron chi connectivity index (χ2n) is 9.18. The molecule has 2 N–H and O–H groups in total. The molecule has 0 aromatic heterocycles. The molecule has 4 saturated carbocycles. The maximum Gasteiger partial charge on any atom is 0.136 e. The van der Waals surface area contributed by atoms with Gasteiger partial charge in [-0.15, -0.1) is 0 Å². The van der Waals surface area contributed by atoms with Crippen LogP contribution in [0, 0.1) is 34.5 Å². The number of ketones is 1. The van der Waals surface area contributed by atoms with Crippen molar-refractivity contribution in [3.63, 3.8) is 0 Å². The van der Waals surface area contributed by atoms with Crippen molar-refractivity contribution in [2.45, 2.75) is 77.4 Å². The summed E-state index contributed by atoms with van der Waals surface area (Å²) in [5.74, 6) is 1.85. The van der Waals surface area contributed by atoms with Crippen molar-refractivity contribution in [1.82, 2.24) is 0 Å². The van der Waals surface area contributed by atoms with Crippen LogP contribution in [0.4, 0.5) is 0 Å². The molecule has 4 fully saturated rings. The van der Waals surface area contributed by atoms with E-state index in [9.17, 15) is 15.0 Å². The Kier molecular flexibility index (Phi) is 3.30. The van der Waals surface area contributed by atoms with Crippen molar-refractivity contribution >= 4 is 5.78 Å². The molecule has 0 radical (unpaired) electrons. The van der Waals surface area contributed by atoms with E-state index >= 15 is 0 Å². The van der Waals surface area contributed by atoms with E-state index < -0.39 is 0 Å². The van der Waals surface area contributed by atoms with Crippen LogP contribution >= 0.6 is 0 Å². The molecule has 4 rings (SSSR count). The van der Waals surface area contributed by atoms with Crippen LogP contribution in [-0.2, 0) is 4.79 Å². The lowest BCUT2D eigenvalue weighted by atomic mass is 9.45. The smallest absolute Gasteiger partial charge is 0.136 e. The van der Waals surface area contributed by atoms with Crippen molar-refractivity contribution in [1.29, 1.82) is 0 Å². The van der Waals surface area contributed by atoms with Crippen LogP contribution in [-0.4, -0.2) is 28.2 Å². The van der Waals surface area contributed by atoms with Crippen LogP contribution in [0.1, 0.15) is 65.2 Å². The Morgan fingerprint density at radius 3 is 2.41 bits per heavy atom. The van der Waals surface area contributed by atoms with Gasteiger partial charge in [-0.05, 0) is 73.5 Å². The molecule has 3 unspecified atom stereocenters. The number of Topliss-reactive ketones (excluding diaryl/α,β-unsaturated/α-hetero) is 1. The Balaban J connectivity index is 1.69. The first-order valence-electron chi connectivity index (χ1n) is 9.25. The summed E-state index contributed by atoms with van der Waals surface area (Å²) in [6.45, 7) is 4.61. The fourth-order valence-electron chi connectivity index (χ4n) is 6.88. The van der Waals surface area contributed by atoms with Gasteiger partial charge in [0.1, 0.15) is 5.78 Å². The SMILES string of the molecule is C[C@]12CCC3C(C(=O)C[C@H]4C[C@@H](O)CC[C@]34C)C1CC[C@@H]2O. The lowest BCUT2D eigenvalue weighted by molar-refractivity contribution is -0.162. The molecule has 0 aliphatic heterocycles. The number of rotatable bonds is 0. The molecule has 124 valence electrons. The zero-order valence-corrected chi connectivity index (χ0v) is 13.9. The molecule has 0 amide bonds. The van der Waals surface area contributed by atoms with Gasteiger partial charge in [0.2, 0.25) is 0 Å². The molecule has 0 spiro atoms. The van der Waals surface area contributed by atoms with Crippen LogP contribution in [0.15, 0.2) is 0 Å². The van der Waals surface area contributed by atoms with Crippen LogP contribution in [0.2, 0.25) is 0 Å². The van der Waals surface area contributed by atoms with Gasteiger partial charge in [0.15, 0.2) is 0 Å². The summed E-state index contributed by atoms with van der Waals surface area (Å²) in [5, 5.41) is 20.5. The van der Waals surface area contributed by atoms with Crippen LogP contribution in [0.25, 0.3) is 0 Å². The van der Waals surface area contributed by atoms with Gasteiger partial charge in [0.05, 0.1) is 12.2 Å². The van der Waals surface area contributed by atoms with E-state index in [1.54, 1.807) is 0 Å². The van der Waals surface area contributed by atoms with Crippen LogP contribution in [0.5, 0.6) is 0 Å².